The van der Waals surface area contributed by atoms with Gasteiger partial charge >= 0.3 is 0 Å². The van der Waals surface area contributed by atoms with E-state index >= 15 is 0 Å². The Hall–Kier alpha value is -1.74. The Kier molecular flexibility index (Phi) is 4.05. The van der Waals surface area contributed by atoms with Crippen molar-refractivity contribution in [2.24, 2.45) is 0 Å². The lowest BCUT2D eigenvalue weighted by molar-refractivity contribution is 0.296. The average molecular weight is 264 g/mol. The smallest absolute Gasteiger partial charge is 0.250 e. The van der Waals surface area contributed by atoms with E-state index in [9.17, 15) is 4.79 Å². The van der Waals surface area contributed by atoms with Crippen molar-refractivity contribution < 1.29 is 4.74 Å². The number of rotatable bonds is 4. The lowest BCUT2D eigenvalue weighted by Gasteiger charge is -2.08. The van der Waals surface area contributed by atoms with Crippen LogP contribution >= 0.6 is 11.6 Å². The van der Waals surface area contributed by atoms with Crippen LogP contribution in [0.4, 0.5) is 0 Å². The number of hydrogen-bond acceptors (Lipinski definition) is 2. The van der Waals surface area contributed by atoms with E-state index in [0.717, 1.165) is 5.56 Å². The summed E-state index contributed by atoms with van der Waals surface area (Å²) in [6.45, 7) is 2.85. The highest BCUT2D eigenvalue weighted by molar-refractivity contribution is 6.30. The summed E-state index contributed by atoms with van der Waals surface area (Å²) in [5.41, 5.74) is 0.955. The molecule has 0 bridgehead atoms. The van der Waals surface area contributed by atoms with Crippen LogP contribution < -0.4 is 10.3 Å². The largest absolute Gasteiger partial charge is 0.492 e. The molecule has 0 atom stereocenters. The zero-order chi connectivity index (χ0) is 13.0. The van der Waals surface area contributed by atoms with E-state index in [1.807, 2.05) is 25.1 Å². The molecule has 0 aliphatic carbocycles. The maximum absolute atomic E-state index is 11.6. The summed E-state index contributed by atoms with van der Waals surface area (Å²) < 4.78 is 7.15. The molecule has 1 aromatic heterocycles. The average Bonchev–Trinajstić information content (AvgIpc) is 2.32. The van der Waals surface area contributed by atoms with E-state index in [1.54, 1.807) is 29.0 Å². The van der Waals surface area contributed by atoms with E-state index in [4.69, 9.17) is 16.3 Å². The van der Waals surface area contributed by atoms with Gasteiger partial charge < -0.3 is 9.30 Å². The van der Waals surface area contributed by atoms with Crippen molar-refractivity contribution in [1.29, 1.82) is 0 Å². The normalized spacial score (nSPS) is 10.3. The number of benzene rings is 1. The Bertz CT molecular complexity index is 592. The van der Waals surface area contributed by atoms with Crippen LogP contribution in [-0.2, 0) is 6.54 Å². The first-order valence-corrected chi connectivity index (χ1v) is 6.08. The third-order valence-electron chi connectivity index (χ3n) is 2.55. The molecule has 4 heteroatoms. The molecule has 18 heavy (non-hydrogen) atoms. The number of aryl methyl sites for hydroxylation is 1. The van der Waals surface area contributed by atoms with Gasteiger partial charge in [0.25, 0.3) is 5.56 Å². The molecule has 2 rings (SSSR count). The fourth-order valence-corrected chi connectivity index (χ4v) is 1.79. The van der Waals surface area contributed by atoms with Crippen LogP contribution in [0.3, 0.4) is 0 Å². The molecular weight excluding hydrogens is 250 g/mol. The van der Waals surface area contributed by atoms with Crippen LogP contribution in [-0.4, -0.2) is 11.2 Å². The molecule has 1 heterocycles. The summed E-state index contributed by atoms with van der Waals surface area (Å²) in [5, 5.41) is 0.639. The number of halogens is 1. The SMILES string of the molecule is Cc1ccn(CCOc2cccc(Cl)c2)c(=O)c1. The van der Waals surface area contributed by atoms with Gasteiger partial charge in [-0.2, -0.15) is 0 Å². The number of hydrogen-bond donors (Lipinski definition) is 0. The lowest BCUT2D eigenvalue weighted by atomic mass is 10.3. The minimum Gasteiger partial charge on any atom is -0.492 e. The van der Waals surface area contributed by atoms with Crippen molar-refractivity contribution in [2.75, 3.05) is 6.61 Å². The molecule has 94 valence electrons. The molecular formula is C14H14ClNO2. The highest BCUT2D eigenvalue weighted by Crippen LogP contribution is 2.16. The van der Waals surface area contributed by atoms with Gasteiger partial charge in [-0.05, 0) is 36.8 Å². The van der Waals surface area contributed by atoms with Gasteiger partial charge in [0.15, 0.2) is 0 Å². The van der Waals surface area contributed by atoms with Gasteiger partial charge in [0.2, 0.25) is 0 Å². The topological polar surface area (TPSA) is 31.2 Å². The number of nitrogens with zero attached hydrogens (tertiary/aromatic N) is 1. The van der Waals surface area contributed by atoms with Gasteiger partial charge in [-0.25, -0.2) is 0 Å². The van der Waals surface area contributed by atoms with Gasteiger partial charge in [-0.15, -0.1) is 0 Å². The monoisotopic (exact) mass is 263 g/mol. The molecule has 0 amide bonds. The Balaban J connectivity index is 1.94. The van der Waals surface area contributed by atoms with E-state index in [1.165, 1.54) is 0 Å². The molecule has 3 nitrogen and oxygen atoms in total. The number of pyridine rings is 1. The predicted octanol–water partition coefficient (Wildman–Crippen LogP) is 2.89. The molecule has 2 aromatic rings. The van der Waals surface area contributed by atoms with Crippen LogP contribution in [0.25, 0.3) is 0 Å². The van der Waals surface area contributed by atoms with Crippen molar-refractivity contribution in [1.82, 2.24) is 4.57 Å². The quantitative estimate of drug-likeness (QED) is 0.849. The summed E-state index contributed by atoms with van der Waals surface area (Å²) in [5.74, 6) is 0.711. The Morgan fingerprint density at radius 1 is 1.28 bits per heavy atom. The molecule has 0 aliphatic rings. The van der Waals surface area contributed by atoms with Crippen molar-refractivity contribution in [3.8, 4) is 5.75 Å². The van der Waals surface area contributed by atoms with Gasteiger partial charge in [0, 0.05) is 17.3 Å². The minimum atomic E-state index is -0.00954. The molecule has 0 aliphatic heterocycles. The van der Waals surface area contributed by atoms with Crippen LogP contribution in [0.1, 0.15) is 5.56 Å². The molecule has 0 N–H and O–H groups in total. The summed E-state index contributed by atoms with van der Waals surface area (Å²) in [7, 11) is 0. The Morgan fingerprint density at radius 3 is 2.83 bits per heavy atom. The second-order valence-electron chi connectivity index (χ2n) is 4.04. The number of aromatic nitrogens is 1. The van der Waals surface area contributed by atoms with E-state index in [0.29, 0.717) is 23.9 Å². The Morgan fingerprint density at radius 2 is 2.11 bits per heavy atom. The fourth-order valence-electron chi connectivity index (χ4n) is 1.61. The highest BCUT2D eigenvalue weighted by atomic mass is 35.5. The van der Waals surface area contributed by atoms with Gasteiger partial charge in [0.1, 0.15) is 12.4 Å². The molecule has 0 spiro atoms. The Labute approximate surface area is 111 Å². The van der Waals surface area contributed by atoms with E-state index in [2.05, 4.69) is 0 Å². The fraction of sp³-hybridized carbons (Fsp3) is 0.214. The van der Waals surface area contributed by atoms with Crippen LogP contribution in [0.15, 0.2) is 47.4 Å². The predicted molar refractivity (Wildman–Crippen MR) is 72.4 cm³/mol. The zero-order valence-electron chi connectivity index (χ0n) is 10.1. The van der Waals surface area contributed by atoms with Crippen LogP contribution in [0.2, 0.25) is 5.02 Å². The van der Waals surface area contributed by atoms with Crippen molar-refractivity contribution in [2.45, 2.75) is 13.5 Å². The summed E-state index contributed by atoms with van der Waals surface area (Å²) in [6.07, 6.45) is 1.78. The molecule has 0 saturated carbocycles. The van der Waals surface area contributed by atoms with E-state index in [-0.39, 0.29) is 5.56 Å². The highest BCUT2D eigenvalue weighted by Gasteiger charge is 1.98. The maximum Gasteiger partial charge on any atom is 0.250 e. The molecule has 0 radical (unpaired) electrons. The molecule has 0 fully saturated rings. The van der Waals surface area contributed by atoms with Crippen LogP contribution in [0.5, 0.6) is 5.75 Å². The van der Waals surface area contributed by atoms with Crippen molar-refractivity contribution in [3.63, 3.8) is 0 Å². The molecule has 1 aromatic carbocycles. The van der Waals surface area contributed by atoms with E-state index < -0.39 is 0 Å². The first-order chi connectivity index (χ1) is 8.65. The maximum atomic E-state index is 11.6. The second-order valence-corrected chi connectivity index (χ2v) is 4.48. The minimum absolute atomic E-state index is 0.00954. The van der Waals surface area contributed by atoms with Crippen LogP contribution in [0, 0.1) is 6.92 Å². The zero-order valence-corrected chi connectivity index (χ0v) is 10.9. The first kappa shape index (κ1) is 12.7. The lowest BCUT2D eigenvalue weighted by Crippen LogP contribution is -2.21. The first-order valence-electron chi connectivity index (χ1n) is 5.70. The summed E-state index contributed by atoms with van der Waals surface area (Å²) in [6, 6.07) is 10.7. The summed E-state index contributed by atoms with van der Waals surface area (Å²) in [4.78, 5) is 11.6. The molecule has 0 unspecified atom stereocenters. The standard InChI is InChI=1S/C14H14ClNO2/c1-11-5-6-16(14(17)9-11)7-8-18-13-4-2-3-12(15)10-13/h2-6,9-10H,7-8H2,1H3. The van der Waals surface area contributed by atoms with Gasteiger partial charge in [0.05, 0.1) is 6.54 Å². The van der Waals surface area contributed by atoms with Crippen molar-refractivity contribution in [3.05, 3.63) is 63.5 Å². The van der Waals surface area contributed by atoms with Gasteiger partial charge in [-0.3, -0.25) is 4.79 Å². The van der Waals surface area contributed by atoms with Gasteiger partial charge in [-0.1, -0.05) is 17.7 Å². The third-order valence-corrected chi connectivity index (χ3v) is 2.78. The summed E-state index contributed by atoms with van der Waals surface area (Å²) >= 11 is 5.85. The second kappa shape index (κ2) is 5.74. The third kappa shape index (κ3) is 3.37. The molecule has 0 saturated heterocycles. The van der Waals surface area contributed by atoms with Crippen molar-refractivity contribution >= 4 is 11.6 Å². The number of ether oxygens (including phenoxy) is 1.